The zero-order chi connectivity index (χ0) is 8.69. The van der Waals surface area contributed by atoms with E-state index in [4.69, 9.17) is 0 Å². The van der Waals surface area contributed by atoms with E-state index in [0.717, 1.165) is 12.2 Å². The van der Waals surface area contributed by atoms with Crippen molar-refractivity contribution < 1.29 is 19.1 Å². The molecule has 0 atom stereocenters. The minimum Gasteiger partial charge on any atom is -0.466 e. The zero-order valence-electron chi connectivity index (χ0n) is 6.49. The summed E-state index contributed by atoms with van der Waals surface area (Å²) in [6.07, 6.45) is 2.04. The molecule has 0 saturated heterocycles. The van der Waals surface area contributed by atoms with Gasteiger partial charge in [-0.1, -0.05) is 0 Å². The molecule has 0 N–H and O–H groups in total. The fraction of sp³-hybridized carbons (Fsp3) is 0.429. The Labute approximate surface area is 64.8 Å². The van der Waals surface area contributed by atoms with Crippen LogP contribution in [-0.4, -0.2) is 25.7 Å². The summed E-state index contributed by atoms with van der Waals surface area (Å²) in [5.41, 5.74) is 0. The first-order chi connectivity index (χ1) is 5.20. The first-order valence-corrected chi connectivity index (χ1v) is 3.13. The number of rotatable bonds is 3. The summed E-state index contributed by atoms with van der Waals surface area (Å²) < 4.78 is 8.75. The van der Waals surface area contributed by atoms with E-state index in [0.29, 0.717) is 6.61 Å². The van der Waals surface area contributed by atoms with Crippen LogP contribution in [0, 0.1) is 0 Å². The molecule has 62 valence electrons. The normalized spacial score (nSPS) is 9.64. The molecule has 0 rings (SSSR count). The number of hydrogen-bond acceptors (Lipinski definition) is 4. The molecule has 4 nitrogen and oxygen atoms in total. The summed E-state index contributed by atoms with van der Waals surface area (Å²) in [5, 5.41) is 0. The van der Waals surface area contributed by atoms with Crippen molar-refractivity contribution in [3.63, 3.8) is 0 Å². The lowest BCUT2D eigenvalue weighted by molar-refractivity contribution is -0.139. The SMILES string of the molecule is CCOC(=O)/C=C/C(=O)OC. The van der Waals surface area contributed by atoms with Crippen molar-refractivity contribution in [2.75, 3.05) is 13.7 Å². The van der Waals surface area contributed by atoms with Crippen molar-refractivity contribution in [2.24, 2.45) is 0 Å². The fourth-order valence-corrected chi connectivity index (χ4v) is 0.394. The third kappa shape index (κ3) is 5.14. The second-order valence-electron chi connectivity index (χ2n) is 1.61. The van der Waals surface area contributed by atoms with Crippen LogP contribution in [0.5, 0.6) is 0 Å². The van der Waals surface area contributed by atoms with E-state index in [2.05, 4.69) is 9.47 Å². The molecule has 0 amide bonds. The van der Waals surface area contributed by atoms with E-state index in [1.165, 1.54) is 7.11 Å². The highest BCUT2D eigenvalue weighted by Gasteiger charge is 1.96. The van der Waals surface area contributed by atoms with Crippen LogP contribution in [0.3, 0.4) is 0 Å². The molecule has 0 aliphatic carbocycles. The Balaban J connectivity index is 3.73. The topological polar surface area (TPSA) is 52.6 Å². The van der Waals surface area contributed by atoms with Crippen LogP contribution in [0.2, 0.25) is 0 Å². The standard InChI is InChI=1S/C7H10O4/c1-3-11-7(9)5-4-6(8)10-2/h4-5H,3H2,1-2H3/b5-4+. The molecular formula is C7H10O4. The lowest BCUT2D eigenvalue weighted by Gasteiger charge is -1.93. The molecule has 0 radical (unpaired) electrons. The van der Waals surface area contributed by atoms with Gasteiger partial charge in [-0.15, -0.1) is 0 Å². The number of hydrogen-bond donors (Lipinski definition) is 0. The lowest BCUT2D eigenvalue weighted by Crippen LogP contribution is -2.01. The van der Waals surface area contributed by atoms with Crippen molar-refractivity contribution in [1.29, 1.82) is 0 Å². The largest absolute Gasteiger partial charge is 0.466 e. The third-order valence-corrected chi connectivity index (χ3v) is 0.843. The van der Waals surface area contributed by atoms with Crippen LogP contribution >= 0.6 is 0 Å². The quantitative estimate of drug-likeness (QED) is 0.437. The molecule has 0 aromatic rings. The van der Waals surface area contributed by atoms with Gasteiger partial charge >= 0.3 is 11.9 Å². The Morgan fingerprint density at radius 1 is 1.27 bits per heavy atom. The minimum atomic E-state index is -0.571. The van der Waals surface area contributed by atoms with Crippen LogP contribution in [0.1, 0.15) is 6.92 Å². The van der Waals surface area contributed by atoms with Crippen molar-refractivity contribution >= 4 is 11.9 Å². The molecule has 0 spiro atoms. The molecule has 0 saturated carbocycles. The highest BCUT2D eigenvalue weighted by Crippen LogP contribution is 1.82. The number of methoxy groups -OCH3 is 1. The first kappa shape index (κ1) is 9.68. The van der Waals surface area contributed by atoms with Gasteiger partial charge in [0, 0.05) is 12.2 Å². The Morgan fingerprint density at radius 3 is 2.27 bits per heavy atom. The van der Waals surface area contributed by atoms with Crippen molar-refractivity contribution in [1.82, 2.24) is 0 Å². The number of esters is 2. The average Bonchev–Trinajstić information content (AvgIpc) is 2.01. The summed E-state index contributed by atoms with van der Waals surface area (Å²) in [5.74, 6) is -1.11. The lowest BCUT2D eigenvalue weighted by atomic mass is 10.5. The molecule has 0 heterocycles. The summed E-state index contributed by atoms with van der Waals surface area (Å²) >= 11 is 0. The average molecular weight is 158 g/mol. The van der Waals surface area contributed by atoms with Crippen LogP contribution in [0.4, 0.5) is 0 Å². The molecule has 0 unspecified atom stereocenters. The molecule has 0 fully saturated rings. The van der Waals surface area contributed by atoms with E-state index in [1.807, 2.05) is 0 Å². The minimum absolute atomic E-state index is 0.296. The predicted octanol–water partition coefficient (Wildman–Crippen LogP) is 0.279. The summed E-state index contributed by atoms with van der Waals surface area (Å²) in [6, 6.07) is 0. The van der Waals surface area contributed by atoms with Gasteiger partial charge in [0.25, 0.3) is 0 Å². The van der Waals surface area contributed by atoms with Gasteiger partial charge in [-0.2, -0.15) is 0 Å². The first-order valence-electron chi connectivity index (χ1n) is 3.13. The van der Waals surface area contributed by atoms with Crippen LogP contribution in [0.15, 0.2) is 12.2 Å². The van der Waals surface area contributed by atoms with E-state index in [-0.39, 0.29) is 0 Å². The Morgan fingerprint density at radius 2 is 1.82 bits per heavy atom. The maximum absolute atomic E-state index is 10.5. The second-order valence-corrected chi connectivity index (χ2v) is 1.61. The number of ether oxygens (including phenoxy) is 2. The molecule has 4 heteroatoms. The van der Waals surface area contributed by atoms with Gasteiger partial charge in [-0.25, -0.2) is 9.59 Å². The number of carbonyl (C=O) groups excluding carboxylic acids is 2. The molecule has 0 aromatic carbocycles. The van der Waals surface area contributed by atoms with Crippen molar-refractivity contribution in [2.45, 2.75) is 6.92 Å². The Hall–Kier alpha value is -1.32. The maximum Gasteiger partial charge on any atom is 0.330 e. The fourth-order valence-electron chi connectivity index (χ4n) is 0.394. The zero-order valence-corrected chi connectivity index (χ0v) is 6.49. The van der Waals surface area contributed by atoms with E-state index < -0.39 is 11.9 Å². The molecule has 0 aliphatic rings. The monoisotopic (exact) mass is 158 g/mol. The molecule has 11 heavy (non-hydrogen) atoms. The number of carbonyl (C=O) groups is 2. The smallest absolute Gasteiger partial charge is 0.330 e. The summed E-state index contributed by atoms with van der Waals surface area (Å²) in [4.78, 5) is 21.0. The summed E-state index contributed by atoms with van der Waals surface area (Å²) in [7, 11) is 1.23. The van der Waals surface area contributed by atoms with Gasteiger partial charge < -0.3 is 9.47 Å². The summed E-state index contributed by atoms with van der Waals surface area (Å²) in [6.45, 7) is 1.98. The van der Waals surface area contributed by atoms with E-state index in [9.17, 15) is 9.59 Å². The van der Waals surface area contributed by atoms with Gasteiger partial charge in [0.15, 0.2) is 0 Å². The van der Waals surface area contributed by atoms with Crippen LogP contribution < -0.4 is 0 Å². The van der Waals surface area contributed by atoms with Gasteiger partial charge in [0.05, 0.1) is 13.7 Å². The molecular weight excluding hydrogens is 148 g/mol. The third-order valence-electron chi connectivity index (χ3n) is 0.843. The molecule has 0 aromatic heterocycles. The van der Waals surface area contributed by atoms with Gasteiger partial charge in [-0.05, 0) is 6.92 Å². The van der Waals surface area contributed by atoms with Gasteiger partial charge in [0.2, 0.25) is 0 Å². The highest BCUT2D eigenvalue weighted by atomic mass is 16.5. The molecule has 0 bridgehead atoms. The van der Waals surface area contributed by atoms with Crippen LogP contribution in [-0.2, 0) is 19.1 Å². The van der Waals surface area contributed by atoms with Crippen molar-refractivity contribution in [3.8, 4) is 0 Å². The second kappa shape index (κ2) is 5.46. The van der Waals surface area contributed by atoms with Crippen LogP contribution in [0.25, 0.3) is 0 Å². The van der Waals surface area contributed by atoms with Gasteiger partial charge in [0.1, 0.15) is 0 Å². The van der Waals surface area contributed by atoms with Crippen molar-refractivity contribution in [3.05, 3.63) is 12.2 Å². The Kier molecular flexibility index (Phi) is 4.81. The highest BCUT2D eigenvalue weighted by molar-refractivity contribution is 5.91. The van der Waals surface area contributed by atoms with E-state index in [1.54, 1.807) is 6.92 Å². The predicted molar refractivity (Wildman–Crippen MR) is 37.8 cm³/mol. The maximum atomic E-state index is 10.5. The van der Waals surface area contributed by atoms with Gasteiger partial charge in [-0.3, -0.25) is 0 Å². The van der Waals surface area contributed by atoms with E-state index >= 15 is 0 Å². The Bertz CT molecular complexity index is 171. The molecule has 0 aliphatic heterocycles.